The highest BCUT2D eigenvalue weighted by Gasteiger charge is 2.36. The van der Waals surface area contributed by atoms with Crippen molar-refractivity contribution in [2.45, 2.75) is 57.9 Å². The predicted molar refractivity (Wildman–Crippen MR) is 66.1 cm³/mol. The van der Waals surface area contributed by atoms with Crippen LogP contribution in [0.15, 0.2) is 0 Å². The van der Waals surface area contributed by atoms with Crippen LogP contribution in [0.4, 0.5) is 0 Å². The highest BCUT2D eigenvalue weighted by atomic mass is 32.2. The molecule has 3 nitrogen and oxygen atoms in total. The van der Waals surface area contributed by atoms with Crippen LogP contribution in [-0.4, -0.2) is 33.2 Å². The van der Waals surface area contributed by atoms with E-state index in [0.29, 0.717) is 11.0 Å². The van der Waals surface area contributed by atoms with Crippen LogP contribution in [0, 0.1) is 0 Å². The Bertz CT molecular complexity index is 219. The van der Waals surface area contributed by atoms with Crippen LogP contribution < -0.4 is 5.32 Å². The van der Waals surface area contributed by atoms with Gasteiger partial charge in [-0.2, -0.15) is 0 Å². The molecule has 0 aliphatic carbocycles. The van der Waals surface area contributed by atoms with Crippen molar-refractivity contribution in [1.82, 2.24) is 5.32 Å². The van der Waals surface area contributed by atoms with Gasteiger partial charge in [0, 0.05) is 0 Å². The van der Waals surface area contributed by atoms with Crippen molar-refractivity contribution < 1.29 is 9.90 Å². The Kier molecular flexibility index (Phi) is 5.14. The molecule has 0 aromatic heterocycles. The molecule has 0 aliphatic rings. The maximum Gasteiger partial charge on any atom is 0.230 e. The van der Waals surface area contributed by atoms with Gasteiger partial charge in [0.05, 0.1) is 16.9 Å². The van der Waals surface area contributed by atoms with E-state index in [1.807, 2.05) is 13.8 Å². The zero-order valence-corrected chi connectivity index (χ0v) is 11.4. The van der Waals surface area contributed by atoms with Gasteiger partial charge in [0.25, 0.3) is 0 Å². The van der Waals surface area contributed by atoms with Gasteiger partial charge in [-0.25, -0.2) is 0 Å². The molecule has 1 amide bonds. The minimum absolute atomic E-state index is 0.0270. The van der Waals surface area contributed by atoms with Gasteiger partial charge >= 0.3 is 0 Å². The van der Waals surface area contributed by atoms with Gasteiger partial charge < -0.3 is 10.4 Å². The summed E-state index contributed by atoms with van der Waals surface area (Å²) in [7, 11) is 0. The second kappa shape index (κ2) is 5.21. The van der Waals surface area contributed by atoms with Gasteiger partial charge in [0.15, 0.2) is 0 Å². The van der Waals surface area contributed by atoms with Gasteiger partial charge in [-0.1, -0.05) is 13.8 Å². The van der Waals surface area contributed by atoms with Crippen molar-refractivity contribution in [2.24, 2.45) is 0 Å². The van der Waals surface area contributed by atoms with Gasteiger partial charge in [-0.3, -0.25) is 4.79 Å². The van der Waals surface area contributed by atoms with Crippen molar-refractivity contribution in [1.29, 1.82) is 0 Å². The molecule has 0 aromatic carbocycles. The van der Waals surface area contributed by atoms with Crippen molar-refractivity contribution in [2.75, 3.05) is 5.75 Å². The highest BCUT2D eigenvalue weighted by Crippen LogP contribution is 2.20. The van der Waals surface area contributed by atoms with E-state index >= 15 is 0 Å². The summed E-state index contributed by atoms with van der Waals surface area (Å²) in [6.45, 7) is 11.2. The van der Waals surface area contributed by atoms with Gasteiger partial charge in [-0.15, -0.1) is 11.8 Å². The van der Waals surface area contributed by atoms with E-state index in [0.717, 1.165) is 0 Å². The summed E-state index contributed by atoms with van der Waals surface area (Å²) in [5, 5.41) is 13.1. The summed E-state index contributed by atoms with van der Waals surface area (Å²) in [4.78, 5) is 11.6. The van der Waals surface area contributed by atoms with Crippen LogP contribution in [0.25, 0.3) is 0 Å². The summed E-state index contributed by atoms with van der Waals surface area (Å²) in [6, 6.07) is 0. The summed E-state index contributed by atoms with van der Waals surface area (Å²) in [6.07, 6.45) is 0. The average molecular weight is 233 g/mol. The van der Waals surface area contributed by atoms with E-state index in [1.165, 1.54) is 0 Å². The maximum absolute atomic E-state index is 11.6. The molecule has 0 unspecified atom stereocenters. The lowest BCUT2D eigenvalue weighted by Gasteiger charge is -2.38. The van der Waals surface area contributed by atoms with E-state index in [-0.39, 0.29) is 5.91 Å². The Morgan fingerprint density at radius 2 is 1.80 bits per heavy atom. The van der Waals surface area contributed by atoms with Crippen LogP contribution in [0.3, 0.4) is 0 Å². The summed E-state index contributed by atoms with van der Waals surface area (Å²) in [5.41, 5.74) is -1.53. The van der Waals surface area contributed by atoms with E-state index in [9.17, 15) is 9.90 Å². The molecule has 0 spiro atoms. The quantitative estimate of drug-likeness (QED) is 0.761. The van der Waals surface area contributed by atoms with E-state index in [4.69, 9.17) is 0 Å². The Labute approximate surface area is 97.0 Å². The predicted octanol–water partition coefficient (Wildman–Crippen LogP) is 1.79. The third-order valence-electron chi connectivity index (χ3n) is 2.53. The molecule has 4 heteroatoms. The second-order valence-corrected chi connectivity index (χ2v) is 6.66. The second-order valence-electron chi connectivity index (χ2n) is 5.09. The lowest BCUT2D eigenvalue weighted by molar-refractivity contribution is -0.123. The molecule has 2 N–H and O–H groups in total. The number of hydrogen-bond donors (Lipinski definition) is 2. The number of aliphatic hydroxyl groups is 1. The molecule has 0 atom stereocenters. The molecule has 0 bridgehead atoms. The van der Waals surface area contributed by atoms with E-state index in [2.05, 4.69) is 19.2 Å². The maximum atomic E-state index is 11.6. The van der Waals surface area contributed by atoms with Crippen LogP contribution in [0.5, 0.6) is 0 Å². The van der Waals surface area contributed by atoms with Crippen molar-refractivity contribution >= 4 is 17.7 Å². The van der Waals surface area contributed by atoms with Crippen LogP contribution >= 0.6 is 11.8 Å². The third-order valence-corrected chi connectivity index (χ3v) is 3.62. The summed E-state index contributed by atoms with van der Waals surface area (Å²) < 4.78 is 0. The van der Waals surface area contributed by atoms with Crippen LogP contribution in [-0.2, 0) is 4.79 Å². The van der Waals surface area contributed by atoms with Gasteiger partial charge in [0.1, 0.15) is 0 Å². The number of carbonyl (C=O) groups excluding carboxylic acids is 1. The fourth-order valence-electron chi connectivity index (χ4n) is 0.780. The molecule has 15 heavy (non-hydrogen) atoms. The standard InChI is InChI=1S/C11H23NO2S/c1-8(2)15-7-9(13)12-10(3,4)11(5,6)14/h8,14H,7H2,1-6H3,(H,12,13). The minimum atomic E-state index is -0.925. The molecule has 0 aromatic rings. The number of thioether (sulfide) groups is 1. The van der Waals surface area contributed by atoms with Gasteiger partial charge in [0.2, 0.25) is 5.91 Å². The Morgan fingerprint density at radius 3 is 2.13 bits per heavy atom. The van der Waals surface area contributed by atoms with Crippen molar-refractivity contribution in [3.63, 3.8) is 0 Å². The molecule has 0 heterocycles. The van der Waals surface area contributed by atoms with Crippen molar-refractivity contribution in [3.05, 3.63) is 0 Å². The van der Waals surface area contributed by atoms with Gasteiger partial charge in [-0.05, 0) is 32.9 Å². The van der Waals surface area contributed by atoms with Crippen molar-refractivity contribution in [3.8, 4) is 0 Å². The number of rotatable bonds is 5. The third kappa shape index (κ3) is 5.42. The smallest absolute Gasteiger partial charge is 0.230 e. The molecular weight excluding hydrogens is 210 g/mol. The topological polar surface area (TPSA) is 49.3 Å². The zero-order chi connectivity index (χ0) is 12.3. The van der Waals surface area contributed by atoms with E-state index in [1.54, 1.807) is 25.6 Å². The molecule has 0 saturated carbocycles. The molecule has 0 rings (SSSR count). The molecule has 0 saturated heterocycles. The van der Waals surface area contributed by atoms with Crippen LogP contribution in [0.2, 0.25) is 0 Å². The highest BCUT2D eigenvalue weighted by molar-refractivity contribution is 8.00. The van der Waals surface area contributed by atoms with Crippen LogP contribution in [0.1, 0.15) is 41.5 Å². The zero-order valence-electron chi connectivity index (χ0n) is 10.5. The molecule has 0 fully saturated rings. The average Bonchev–Trinajstić information content (AvgIpc) is 1.97. The summed E-state index contributed by atoms with van der Waals surface area (Å²) in [5.74, 6) is 0.415. The largest absolute Gasteiger partial charge is 0.388 e. The number of carbonyl (C=O) groups is 1. The number of hydrogen-bond acceptors (Lipinski definition) is 3. The normalized spacial score (nSPS) is 13.1. The molecule has 90 valence electrons. The number of amides is 1. The minimum Gasteiger partial charge on any atom is -0.388 e. The monoisotopic (exact) mass is 233 g/mol. The lowest BCUT2D eigenvalue weighted by Crippen LogP contribution is -2.58. The molecule has 0 aliphatic heterocycles. The summed E-state index contributed by atoms with van der Waals surface area (Å²) >= 11 is 1.60. The first kappa shape index (κ1) is 14.8. The Hall–Kier alpha value is -0.220. The fraction of sp³-hybridized carbons (Fsp3) is 0.909. The fourth-order valence-corrected chi connectivity index (χ4v) is 1.34. The lowest BCUT2D eigenvalue weighted by atomic mass is 9.86. The molecule has 0 radical (unpaired) electrons. The SMILES string of the molecule is CC(C)SCC(=O)NC(C)(C)C(C)(C)O. The first-order valence-electron chi connectivity index (χ1n) is 5.21. The Balaban J connectivity index is 4.17. The van der Waals surface area contributed by atoms with E-state index < -0.39 is 11.1 Å². The first-order valence-corrected chi connectivity index (χ1v) is 6.26. The first-order chi connectivity index (χ1) is 6.56. The number of nitrogens with one attached hydrogen (secondary N) is 1. The molecular formula is C11H23NO2S. The Morgan fingerprint density at radius 1 is 1.33 bits per heavy atom.